The molecule has 0 saturated carbocycles. The van der Waals surface area contributed by atoms with Gasteiger partial charge in [-0.1, -0.05) is 0 Å². The van der Waals surface area contributed by atoms with E-state index in [4.69, 9.17) is 0 Å². The number of nitrogens with one attached hydrogen (secondary N) is 1. The van der Waals surface area contributed by atoms with Gasteiger partial charge >= 0.3 is 0 Å². The molecule has 0 amide bonds. The maximum absolute atomic E-state index is 4.64. The van der Waals surface area contributed by atoms with Gasteiger partial charge in [0.15, 0.2) is 5.82 Å². The molecule has 2 heterocycles. The van der Waals surface area contributed by atoms with Crippen molar-refractivity contribution in [2.45, 2.75) is 39.8 Å². The highest BCUT2D eigenvalue weighted by atomic mass is 79.9. The van der Waals surface area contributed by atoms with Crippen LogP contribution in [0.5, 0.6) is 0 Å². The molecular formula is C14H18BrN3S. The average Bonchev–Trinajstić information content (AvgIpc) is 2.72. The van der Waals surface area contributed by atoms with Crippen LogP contribution in [-0.2, 0) is 6.54 Å². The van der Waals surface area contributed by atoms with Crippen molar-refractivity contribution in [3.05, 3.63) is 33.4 Å². The van der Waals surface area contributed by atoms with Crippen LogP contribution in [0.25, 0.3) is 10.7 Å². The molecule has 0 aromatic carbocycles. The van der Waals surface area contributed by atoms with Gasteiger partial charge in [0.2, 0.25) is 0 Å². The minimum atomic E-state index is 0.0883. The van der Waals surface area contributed by atoms with Crippen molar-refractivity contribution in [2.24, 2.45) is 0 Å². The third-order valence-electron chi connectivity index (χ3n) is 2.49. The maximum Gasteiger partial charge on any atom is 0.169 e. The second-order valence-corrected chi connectivity index (χ2v) is 7.38. The zero-order valence-corrected chi connectivity index (χ0v) is 14.0. The molecule has 0 bridgehead atoms. The summed E-state index contributed by atoms with van der Waals surface area (Å²) in [6, 6.07) is 4.09. The lowest BCUT2D eigenvalue weighted by atomic mass is 10.1. The van der Waals surface area contributed by atoms with Crippen LogP contribution in [0, 0.1) is 6.92 Å². The molecular weight excluding hydrogens is 322 g/mol. The van der Waals surface area contributed by atoms with Gasteiger partial charge in [-0.05, 0) is 55.8 Å². The van der Waals surface area contributed by atoms with E-state index in [1.165, 1.54) is 0 Å². The van der Waals surface area contributed by atoms with Gasteiger partial charge < -0.3 is 5.32 Å². The van der Waals surface area contributed by atoms with Gasteiger partial charge in [0.05, 0.1) is 10.6 Å². The monoisotopic (exact) mass is 339 g/mol. The van der Waals surface area contributed by atoms with E-state index >= 15 is 0 Å². The van der Waals surface area contributed by atoms with E-state index in [1.807, 2.05) is 18.4 Å². The Morgan fingerprint density at radius 2 is 2.00 bits per heavy atom. The maximum atomic E-state index is 4.64. The van der Waals surface area contributed by atoms with Crippen molar-refractivity contribution in [1.82, 2.24) is 15.3 Å². The molecule has 0 aliphatic carbocycles. The molecule has 2 aromatic heterocycles. The highest BCUT2D eigenvalue weighted by Gasteiger charge is 2.11. The minimum absolute atomic E-state index is 0.0883. The summed E-state index contributed by atoms with van der Waals surface area (Å²) in [5.74, 6) is 0.807. The van der Waals surface area contributed by atoms with Crippen LogP contribution in [0.15, 0.2) is 22.0 Å². The second kappa shape index (κ2) is 5.69. The van der Waals surface area contributed by atoms with Crippen LogP contribution in [-0.4, -0.2) is 15.5 Å². The average molecular weight is 340 g/mol. The highest BCUT2D eigenvalue weighted by Crippen LogP contribution is 2.27. The fourth-order valence-corrected chi connectivity index (χ4v) is 2.98. The number of thiophene rings is 1. The molecule has 0 fully saturated rings. The van der Waals surface area contributed by atoms with Crippen molar-refractivity contribution in [3.8, 4) is 10.7 Å². The Kier molecular flexibility index (Phi) is 4.38. The van der Waals surface area contributed by atoms with Crippen LogP contribution in [0.2, 0.25) is 0 Å². The van der Waals surface area contributed by atoms with Gasteiger partial charge in [0.1, 0.15) is 0 Å². The molecule has 0 atom stereocenters. The Labute approximate surface area is 126 Å². The van der Waals surface area contributed by atoms with Crippen molar-refractivity contribution < 1.29 is 0 Å². The number of hydrogen-bond donors (Lipinski definition) is 1. The molecule has 0 aliphatic rings. The Bertz CT molecular complexity index is 572. The fraction of sp³-hybridized carbons (Fsp3) is 0.429. The first-order valence-electron chi connectivity index (χ1n) is 6.17. The van der Waals surface area contributed by atoms with Crippen LogP contribution < -0.4 is 5.32 Å². The van der Waals surface area contributed by atoms with E-state index in [9.17, 15) is 0 Å². The summed E-state index contributed by atoms with van der Waals surface area (Å²) in [4.78, 5) is 10.2. The summed E-state index contributed by atoms with van der Waals surface area (Å²) in [7, 11) is 0. The van der Waals surface area contributed by atoms with Crippen molar-refractivity contribution in [2.75, 3.05) is 0 Å². The number of halogens is 1. The molecule has 0 radical (unpaired) electrons. The van der Waals surface area contributed by atoms with Gasteiger partial charge in [-0.3, -0.25) is 0 Å². The zero-order valence-electron chi connectivity index (χ0n) is 11.6. The number of rotatable bonds is 3. The topological polar surface area (TPSA) is 37.8 Å². The first-order chi connectivity index (χ1) is 8.83. The van der Waals surface area contributed by atoms with Crippen molar-refractivity contribution in [1.29, 1.82) is 0 Å². The smallest absolute Gasteiger partial charge is 0.169 e. The quantitative estimate of drug-likeness (QED) is 0.912. The third-order valence-corrected chi connectivity index (χ3v) is 4.18. The largest absolute Gasteiger partial charge is 0.306 e. The second-order valence-electron chi connectivity index (χ2n) is 5.56. The van der Waals surface area contributed by atoms with E-state index < -0.39 is 0 Å². The van der Waals surface area contributed by atoms with Gasteiger partial charge in [-0.25, -0.2) is 9.97 Å². The molecule has 0 aliphatic heterocycles. The zero-order chi connectivity index (χ0) is 14.0. The lowest BCUT2D eigenvalue weighted by Gasteiger charge is -2.20. The van der Waals surface area contributed by atoms with Crippen molar-refractivity contribution >= 4 is 27.3 Å². The van der Waals surface area contributed by atoms with E-state index in [0.717, 1.165) is 33.1 Å². The molecule has 19 heavy (non-hydrogen) atoms. The Hall–Kier alpha value is -0.780. The molecule has 2 aromatic rings. The fourth-order valence-electron chi connectivity index (χ4n) is 1.62. The summed E-state index contributed by atoms with van der Waals surface area (Å²) in [6.45, 7) is 9.22. The Morgan fingerprint density at radius 1 is 1.26 bits per heavy atom. The van der Waals surface area contributed by atoms with Crippen molar-refractivity contribution in [3.63, 3.8) is 0 Å². The van der Waals surface area contributed by atoms with E-state index in [-0.39, 0.29) is 5.54 Å². The van der Waals surface area contributed by atoms with Crippen LogP contribution in [0.4, 0.5) is 0 Å². The molecule has 3 nitrogen and oxygen atoms in total. The van der Waals surface area contributed by atoms with E-state index in [0.29, 0.717) is 0 Å². The normalized spacial score (nSPS) is 11.8. The molecule has 0 saturated heterocycles. The lowest BCUT2D eigenvalue weighted by Crippen LogP contribution is -2.35. The summed E-state index contributed by atoms with van der Waals surface area (Å²) in [5.41, 5.74) is 2.12. The molecule has 1 N–H and O–H groups in total. The molecule has 102 valence electrons. The molecule has 5 heteroatoms. The molecule has 0 spiro atoms. The lowest BCUT2D eigenvalue weighted by molar-refractivity contribution is 0.421. The van der Waals surface area contributed by atoms with Gasteiger partial charge in [-0.15, -0.1) is 11.3 Å². The number of aromatic nitrogens is 2. The van der Waals surface area contributed by atoms with Crippen LogP contribution in [0.1, 0.15) is 32.2 Å². The minimum Gasteiger partial charge on any atom is -0.306 e. The Balaban J connectivity index is 2.25. The predicted molar refractivity (Wildman–Crippen MR) is 84.4 cm³/mol. The summed E-state index contributed by atoms with van der Waals surface area (Å²) >= 11 is 5.12. The number of aryl methyl sites for hydroxylation is 1. The number of hydrogen-bond acceptors (Lipinski definition) is 4. The summed E-state index contributed by atoms with van der Waals surface area (Å²) in [6.07, 6.45) is 0. The first-order valence-corrected chi connectivity index (χ1v) is 7.85. The van der Waals surface area contributed by atoms with Crippen LogP contribution in [0.3, 0.4) is 0 Å². The van der Waals surface area contributed by atoms with E-state index in [2.05, 4.69) is 58.1 Å². The van der Waals surface area contributed by atoms with Gasteiger partial charge in [-0.2, -0.15) is 0 Å². The first kappa shape index (κ1) is 14.6. The standard InChI is InChI=1S/C14H18BrN3S/c1-9-5-11(7-16-14(2,3)4)18-13(17-9)12-6-10(15)8-19-12/h5-6,8,16H,7H2,1-4H3. The Morgan fingerprint density at radius 3 is 2.58 bits per heavy atom. The van der Waals surface area contributed by atoms with Gasteiger partial charge in [0, 0.05) is 27.6 Å². The molecule has 0 unspecified atom stereocenters. The van der Waals surface area contributed by atoms with E-state index in [1.54, 1.807) is 11.3 Å². The molecule has 2 rings (SSSR count). The summed E-state index contributed by atoms with van der Waals surface area (Å²) < 4.78 is 1.08. The van der Waals surface area contributed by atoms with Crippen LogP contribution >= 0.6 is 27.3 Å². The SMILES string of the molecule is Cc1cc(CNC(C)(C)C)nc(-c2cc(Br)cs2)n1. The highest BCUT2D eigenvalue weighted by molar-refractivity contribution is 9.10. The third kappa shape index (κ3) is 4.37. The predicted octanol–water partition coefficient (Wildman–Crippen LogP) is 4.16. The van der Waals surface area contributed by atoms with Gasteiger partial charge in [0.25, 0.3) is 0 Å². The number of nitrogens with zero attached hydrogens (tertiary/aromatic N) is 2. The summed E-state index contributed by atoms with van der Waals surface area (Å²) in [5, 5.41) is 5.50.